The van der Waals surface area contributed by atoms with Crippen LogP contribution in [0.4, 0.5) is 5.82 Å². The second kappa shape index (κ2) is 5.65. The predicted octanol–water partition coefficient (Wildman–Crippen LogP) is 0.923. The molecule has 5 heteroatoms. The standard InChI is InChI=1S/C11H18N4O/c12-10-4-5-11(14-13-10)16-9-8-15-6-2-1-3-7-15/h4-5H,1-3,6-9H2,(H2,12,13). The second-order valence-corrected chi connectivity index (χ2v) is 4.05. The lowest BCUT2D eigenvalue weighted by Crippen LogP contribution is -2.33. The van der Waals surface area contributed by atoms with Gasteiger partial charge in [-0.05, 0) is 32.0 Å². The Labute approximate surface area is 95.6 Å². The fourth-order valence-corrected chi connectivity index (χ4v) is 1.87. The van der Waals surface area contributed by atoms with E-state index in [9.17, 15) is 0 Å². The molecule has 0 bridgehead atoms. The van der Waals surface area contributed by atoms with Gasteiger partial charge in [0.05, 0.1) is 0 Å². The number of nitrogen functional groups attached to an aromatic ring is 1. The number of ether oxygens (including phenoxy) is 1. The highest BCUT2D eigenvalue weighted by Crippen LogP contribution is 2.09. The minimum atomic E-state index is 0.420. The van der Waals surface area contributed by atoms with Crippen molar-refractivity contribution in [2.24, 2.45) is 0 Å². The summed E-state index contributed by atoms with van der Waals surface area (Å²) in [5.74, 6) is 0.967. The molecule has 1 aliphatic heterocycles. The van der Waals surface area contributed by atoms with E-state index in [1.54, 1.807) is 12.1 Å². The molecule has 1 aromatic heterocycles. The van der Waals surface area contributed by atoms with Gasteiger partial charge in [-0.3, -0.25) is 4.90 Å². The molecule has 0 spiro atoms. The van der Waals surface area contributed by atoms with Crippen LogP contribution in [0, 0.1) is 0 Å². The summed E-state index contributed by atoms with van der Waals surface area (Å²) in [5.41, 5.74) is 5.43. The maximum Gasteiger partial charge on any atom is 0.233 e. The van der Waals surface area contributed by atoms with Gasteiger partial charge in [0, 0.05) is 12.6 Å². The normalized spacial score (nSPS) is 17.2. The number of rotatable bonds is 4. The van der Waals surface area contributed by atoms with E-state index in [4.69, 9.17) is 10.5 Å². The average Bonchev–Trinajstić information content (AvgIpc) is 2.33. The number of aromatic nitrogens is 2. The highest BCUT2D eigenvalue weighted by atomic mass is 16.5. The summed E-state index contributed by atoms with van der Waals surface area (Å²) in [6, 6.07) is 3.45. The largest absolute Gasteiger partial charge is 0.475 e. The van der Waals surface area contributed by atoms with Crippen LogP contribution in [0.15, 0.2) is 12.1 Å². The molecule has 0 unspecified atom stereocenters. The third-order valence-electron chi connectivity index (χ3n) is 2.77. The molecule has 0 aromatic carbocycles. The lowest BCUT2D eigenvalue weighted by Gasteiger charge is -2.25. The molecule has 0 atom stereocenters. The molecule has 16 heavy (non-hydrogen) atoms. The van der Waals surface area contributed by atoms with Crippen molar-refractivity contribution in [3.63, 3.8) is 0 Å². The Balaban J connectivity index is 1.69. The van der Waals surface area contributed by atoms with Crippen LogP contribution < -0.4 is 10.5 Å². The Hall–Kier alpha value is -1.36. The van der Waals surface area contributed by atoms with E-state index < -0.39 is 0 Å². The predicted molar refractivity (Wildman–Crippen MR) is 62.2 cm³/mol. The van der Waals surface area contributed by atoms with Gasteiger partial charge < -0.3 is 10.5 Å². The van der Waals surface area contributed by atoms with Crippen molar-refractivity contribution in [2.75, 3.05) is 32.0 Å². The molecule has 88 valence electrons. The van der Waals surface area contributed by atoms with Crippen LogP contribution in [0.25, 0.3) is 0 Å². The van der Waals surface area contributed by atoms with Gasteiger partial charge in [-0.1, -0.05) is 6.42 Å². The lowest BCUT2D eigenvalue weighted by atomic mass is 10.1. The minimum Gasteiger partial charge on any atom is -0.475 e. The summed E-state index contributed by atoms with van der Waals surface area (Å²) in [6.07, 6.45) is 3.98. The molecule has 2 heterocycles. The lowest BCUT2D eigenvalue weighted by molar-refractivity contribution is 0.180. The Morgan fingerprint density at radius 2 is 2.00 bits per heavy atom. The molecule has 1 aliphatic rings. The molecule has 1 fully saturated rings. The van der Waals surface area contributed by atoms with Crippen molar-refractivity contribution in [1.82, 2.24) is 15.1 Å². The highest BCUT2D eigenvalue weighted by Gasteiger charge is 2.09. The third kappa shape index (κ3) is 3.34. The van der Waals surface area contributed by atoms with Gasteiger partial charge in [-0.15, -0.1) is 10.2 Å². The highest BCUT2D eigenvalue weighted by molar-refractivity contribution is 5.27. The Bertz CT molecular complexity index is 308. The fourth-order valence-electron chi connectivity index (χ4n) is 1.87. The van der Waals surface area contributed by atoms with E-state index in [-0.39, 0.29) is 0 Å². The van der Waals surface area contributed by atoms with Crippen molar-refractivity contribution in [1.29, 1.82) is 0 Å². The van der Waals surface area contributed by atoms with E-state index in [1.165, 1.54) is 32.4 Å². The summed E-state index contributed by atoms with van der Waals surface area (Å²) in [5, 5.41) is 7.58. The van der Waals surface area contributed by atoms with E-state index in [1.807, 2.05) is 0 Å². The van der Waals surface area contributed by atoms with Gasteiger partial charge in [-0.25, -0.2) is 0 Å². The number of piperidine rings is 1. The summed E-state index contributed by atoms with van der Waals surface area (Å²) >= 11 is 0. The molecule has 1 aromatic rings. The van der Waals surface area contributed by atoms with E-state index in [0.717, 1.165) is 6.54 Å². The zero-order chi connectivity index (χ0) is 11.2. The van der Waals surface area contributed by atoms with Crippen LogP contribution in [-0.4, -0.2) is 41.3 Å². The zero-order valence-corrected chi connectivity index (χ0v) is 9.43. The van der Waals surface area contributed by atoms with Crippen LogP contribution in [0.5, 0.6) is 5.88 Å². The third-order valence-corrected chi connectivity index (χ3v) is 2.77. The topological polar surface area (TPSA) is 64.3 Å². The Morgan fingerprint density at radius 3 is 2.69 bits per heavy atom. The van der Waals surface area contributed by atoms with Crippen molar-refractivity contribution in [3.05, 3.63) is 12.1 Å². The van der Waals surface area contributed by atoms with Crippen LogP contribution in [0.2, 0.25) is 0 Å². The van der Waals surface area contributed by atoms with Crippen LogP contribution >= 0.6 is 0 Å². The van der Waals surface area contributed by atoms with Crippen molar-refractivity contribution in [2.45, 2.75) is 19.3 Å². The number of nitrogens with two attached hydrogens (primary N) is 1. The molecule has 0 saturated carbocycles. The number of likely N-dealkylation sites (tertiary alicyclic amines) is 1. The van der Waals surface area contributed by atoms with E-state index >= 15 is 0 Å². The van der Waals surface area contributed by atoms with Crippen LogP contribution in [0.1, 0.15) is 19.3 Å². The zero-order valence-electron chi connectivity index (χ0n) is 9.43. The first-order valence-electron chi connectivity index (χ1n) is 5.79. The first-order chi connectivity index (χ1) is 7.84. The Kier molecular flexibility index (Phi) is 3.93. The first kappa shape index (κ1) is 11.1. The summed E-state index contributed by atoms with van der Waals surface area (Å²) in [4.78, 5) is 2.42. The van der Waals surface area contributed by atoms with Gasteiger partial charge in [0.25, 0.3) is 0 Å². The molecule has 5 nitrogen and oxygen atoms in total. The SMILES string of the molecule is Nc1ccc(OCCN2CCCCC2)nn1. The molecule has 2 rings (SSSR count). The van der Waals surface area contributed by atoms with Gasteiger partial charge in [-0.2, -0.15) is 0 Å². The summed E-state index contributed by atoms with van der Waals surface area (Å²) in [7, 11) is 0. The van der Waals surface area contributed by atoms with Gasteiger partial charge in [0.1, 0.15) is 12.4 Å². The molecular weight excluding hydrogens is 204 g/mol. The van der Waals surface area contributed by atoms with Gasteiger partial charge in [0.15, 0.2) is 0 Å². The van der Waals surface area contributed by atoms with Crippen molar-refractivity contribution >= 4 is 5.82 Å². The fraction of sp³-hybridized carbons (Fsp3) is 0.636. The molecule has 0 aliphatic carbocycles. The van der Waals surface area contributed by atoms with Gasteiger partial charge >= 0.3 is 0 Å². The molecule has 0 radical (unpaired) electrons. The maximum absolute atomic E-state index is 5.49. The quantitative estimate of drug-likeness (QED) is 0.820. The van der Waals surface area contributed by atoms with Crippen LogP contribution in [0.3, 0.4) is 0 Å². The number of hydrogen-bond acceptors (Lipinski definition) is 5. The number of anilines is 1. The smallest absolute Gasteiger partial charge is 0.233 e. The number of nitrogens with zero attached hydrogens (tertiary/aromatic N) is 3. The van der Waals surface area contributed by atoms with Crippen molar-refractivity contribution in [3.8, 4) is 5.88 Å². The van der Waals surface area contributed by atoms with Gasteiger partial charge in [0.2, 0.25) is 5.88 Å². The summed E-state index contributed by atoms with van der Waals surface area (Å²) in [6.45, 7) is 4.01. The average molecular weight is 222 g/mol. The maximum atomic E-state index is 5.49. The monoisotopic (exact) mass is 222 g/mol. The van der Waals surface area contributed by atoms with E-state index in [2.05, 4.69) is 15.1 Å². The minimum absolute atomic E-state index is 0.420. The molecule has 1 saturated heterocycles. The van der Waals surface area contributed by atoms with Crippen molar-refractivity contribution < 1.29 is 4.74 Å². The second-order valence-electron chi connectivity index (χ2n) is 4.05. The molecular formula is C11H18N4O. The van der Waals surface area contributed by atoms with Crippen LogP contribution in [-0.2, 0) is 0 Å². The molecule has 0 amide bonds. The van der Waals surface area contributed by atoms with E-state index in [0.29, 0.717) is 18.3 Å². The Morgan fingerprint density at radius 1 is 1.19 bits per heavy atom. The first-order valence-corrected chi connectivity index (χ1v) is 5.79. The summed E-state index contributed by atoms with van der Waals surface area (Å²) < 4.78 is 5.49. The molecule has 2 N–H and O–H groups in total. The number of hydrogen-bond donors (Lipinski definition) is 1.